The maximum Gasteiger partial charge on any atom is 0.402 e. The molecule has 1 aliphatic heterocycles. The Hall–Kier alpha value is -1.69. The third kappa shape index (κ3) is 5.94. The number of carbonyl (C=O) groups excluding carboxylic acids is 1. The van der Waals surface area contributed by atoms with E-state index in [0.29, 0.717) is 31.7 Å². The molecule has 146 valence electrons. The van der Waals surface area contributed by atoms with Gasteiger partial charge >= 0.3 is 6.18 Å². The largest absolute Gasteiger partial charge is 0.402 e. The van der Waals surface area contributed by atoms with Crippen LogP contribution in [0.5, 0.6) is 0 Å². The number of amides is 1. The standard InChI is InChI=1S/C15H20F3N3O4S/c16-15(17,18)9-20-26(23,24)12-3-1-11(2-4-12)21-14(22)13(19)10-5-7-25-8-6-10/h1-4,10,13,20H,5-9,19H2,(H,21,22). The monoisotopic (exact) mass is 395 g/mol. The Kier molecular flexibility index (Phi) is 6.61. The van der Waals surface area contributed by atoms with Crippen molar-refractivity contribution in [2.45, 2.75) is 30.0 Å². The molecular formula is C15H20F3N3O4S. The Balaban J connectivity index is 1.97. The number of ether oxygens (including phenoxy) is 1. The van der Waals surface area contributed by atoms with Crippen LogP contribution in [0, 0.1) is 5.92 Å². The van der Waals surface area contributed by atoms with Crippen LogP contribution in [-0.2, 0) is 19.6 Å². The number of hydrogen-bond donors (Lipinski definition) is 3. The predicted octanol–water partition coefficient (Wildman–Crippen LogP) is 1.22. The highest BCUT2D eigenvalue weighted by atomic mass is 32.2. The van der Waals surface area contributed by atoms with Crippen LogP contribution in [0.1, 0.15) is 12.8 Å². The van der Waals surface area contributed by atoms with Crippen molar-refractivity contribution in [3.05, 3.63) is 24.3 Å². The van der Waals surface area contributed by atoms with E-state index in [1.807, 2.05) is 0 Å². The molecule has 1 aromatic carbocycles. The van der Waals surface area contributed by atoms with E-state index >= 15 is 0 Å². The fraction of sp³-hybridized carbons (Fsp3) is 0.533. The summed E-state index contributed by atoms with van der Waals surface area (Å²) in [7, 11) is -4.29. The zero-order valence-electron chi connectivity index (χ0n) is 13.8. The quantitative estimate of drug-likeness (QED) is 0.671. The fourth-order valence-corrected chi connectivity index (χ4v) is 3.51. The van der Waals surface area contributed by atoms with Gasteiger partial charge in [0.15, 0.2) is 0 Å². The van der Waals surface area contributed by atoms with Crippen LogP contribution < -0.4 is 15.8 Å². The summed E-state index contributed by atoms with van der Waals surface area (Å²) in [5.41, 5.74) is 6.24. The first kappa shape index (κ1) is 20.6. The Labute approximate surface area is 149 Å². The molecule has 26 heavy (non-hydrogen) atoms. The molecular weight excluding hydrogens is 375 g/mol. The summed E-state index contributed by atoms with van der Waals surface area (Å²) in [5.74, 6) is -0.419. The van der Waals surface area contributed by atoms with E-state index in [9.17, 15) is 26.4 Å². The molecule has 1 saturated heterocycles. The maximum absolute atomic E-state index is 12.2. The third-order valence-electron chi connectivity index (χ3n) is 3.97. The average molecular weight is 395 g/mol. The van der Waals surface area contributed by atoms with Gasteiger partial charge < -0.3 is 15.8 Å². The zero-order chi connectivity index (χ0) is 19.4. The summed E-state index contributed by atoms with van der Waals surface area (Å²) in [6.45, 7) is -0.569. The number of benzene rings is 1. The number of nitrogens with one attached hydrogen (secondary N) is 2. The van der Waals surface area contributed by atoms with E-state index < -0.39 is 34.7 Å². The Morgan fingerprint density at radius 3 is 2.35 bits per heavy atom. The molecule has 1 amide bonds. The minimum absolute atomic E-state index is 0.00466. The topological polar surface area (TPSA) is 111 Å². The number of nitrogens with two attached hydrogens (primary N) is 1. The smallest absolute Gasteiger partial charge is 0.381 e. The van der Waals surface area contributed by atoms with Crippen LogP contribution in [0.15, 0.2) is 29.2 Å². The van der Waals surface area contributed by atoms with Crippen LogP contribution in [0.2, 0.25) is 0 Å². The highest BCUT2D eigenvalue weighted by molar-refractivity contribution is 7.89. The van der Waals surface area contributed by atoms with Gasteiger partial charge in [0.1, 0.15) is 6.54 Å². The van der Waals surface area contributed by atoms with Crippen molar-refractivity contribution in [1.82, 2.24) is 4.72 Å². The Morgan fingerprint density at radius 2 is 1.81 bits per heavy atom. The summed E-state index contributed by atoms with van der Waals surface area (Å²) in [6, 6.07) is 4.06. The average Bonchev–Trinajstić information content (AvgIpc) is 2.60. The second kappa shape index (κ2) is 8.33. The number of carbonyl (C=O) groups is 1. The number of hydrogen-bond acceptors (Lipinski definition) is 5. The molecule has 1 heterocycles. The van der Waals surface area contributed by atoms with Crippen molar-refractivity contribution in [3.63, 3.8) is 0 Å². The second-order valence-corrected chi connectivity index (χ2v) is 7.70. The molecule has 11 heteroatoms. The molecule has 0 saturated carbocycles. The maximum atomic E-state index is 12.2. The van der Waals surface area contributed by atoms with Crippen LogP contribution in [0.3, 0.4) is 0 Å². The number of anilines is 1. The second-order valence-electron chi connectivity index (χ2n) is 5.93. The highest BCUT2D eigenvalue weighted by Gasteiger charge is 2.30. The van der Waals surface area contributed by atoms with Gasteiger partial charge in [-0.05, 0) is 43.0 Å². The lowest BCUT2D eigenvalue weighted by Crippen LogP contribution is -2.44. The van der Waals surface area contributed by atoms with E-state index in [1.54, 1.807) is 0 Å². The minimum atomic E-state index is -4.65. The van der Waals surface area contributed by atoms with Gasteiger partial charge in [-0.2, -0.15) is 13.2 Å². The first-order chi connectivity index (χ1) is 12.1. The molecule has 0 bridgehead atoms. The lowest BCUT2D eigenvalue weighted by Gasteiger charge is -2.26. The van der Waals surface area contributed by atoms with Crippen molar-refractivity contribution in [3.8, 4) is 0 Å². The molecule has 1 aromatic rings. The molecule has 1 atom stereocenters. The lowest BCUT2D eigenvalue weighted by atomic mass is 9.92. The number of halogens is 3. The van der Waals surface area contributed by atoms with Gasteiger partial charge in [0.2, 0.25) is 15.9 Å². The molecule has 1 aliphatic rings. The molecule has 0 aliphatic carbocycles. The van der Waals surface area contributed by atoms with Crippen LogP contribution in [-0.4, -0.2) is 46.3 Å². The van der Waals surface area contributed by atoms with Crippen molar-refractivity contribution < 1.29 is 31.1 Å². The Bertz CT molecular complexity index is 717. The van der Waals surface area contributed by atoms with E-state index in [2.05, 4.69) is 5.32 Å². The van der Waals surface area contributed by atoms with Crippen molar-refractivity contribution in [1.29, 1.82) is 0 Å². The third-order valence-corrected chi connectivity index (χ3v) is 5.39. The molecule has 4 N–H and O–H groups in total. The number of alkyl halides is 3. The van der Waals surface area contributed by atoms with Gasteiger partial charge in [-0.1, -0.05) is 0 Å². The summed E-state index contributed by atoms with van der Waals surface area (Å²) in [6.07, 6.45) is -3.30. The molecule has 0 radical (unpaired) electrons. The summed E-state index contributed by atoms with van der Waals surface area (Å²) in [4.78, 5) is 11.8. The lowest BCUT2D eigenvalue weighted by molar-refractivity contribution is -0.121. The SMILES string of the molecule is NC(C(=O)Nc1ccc(S(=O)(=O)NCC(F)(F)F)cc1)C1CCOCC1. The molecule has 7 nitrogen and oxygen atoms in total. The van der Waals surface area contributed by atoms with Crippen molar-refractivity contribution in [2.24, 2.45) is 11.7 Å². The molecule has 1 fully saturated rings. The van der Waals surface area contributed by atoms with E-state index in [1.165, 1.54) is 16.9 Å². The van der Waals surface area contributed by atoms with Gasteiger partial charge in [-0.15, -0.1) is 0 Å². The van der Waals surface area contributed by atoms with Gasteiger partial charge in [-0.25, -0.2) is 13.1 Å². The predicted molar refractivity (Wildman–Crippen MR) is 87.8 cm³/mol. The first-order valence-corrected chi connectivity index (χ1v) is 9.37. The highest BCUT2D eigenvalue weighted by Crippen LogP contribution is 2.20. The molecule has 0 spiro atoms. The van der Waals surface area contributed by atoms with Gasteiger partial charge in [0.25, 0.3) is 0 Å². The van der Waals surface area contributed by atoms with Gasteiger partial charge in [-0.3, -0.25) is 4.79 Å². The number of sulfonamides is 1. The van der Waals surface area contributed by atoms with E-state index in [4.69, 9.17) is 10.5 Å². The number of rotatable bonds is 6. The minimum Gasteiger partial charge on any atom is -0.381 e. The summed E-state index contributed by atoms with van der Waals surface area (Å²) in [5, 5.41) is 2.57. The molecule has 2 rings (SSSR count). The van der Waals surface area contributed by atoms with E-state index in [0.717, 1.165) is 12.1 Å². The van der Waals surface area contributed by atoms with Crippen molar-refractivity contribution >= 4 is 21.6 Å². The zero-order valence-corrected chi connectivity index (χ0v) is 14.6. The van der Waals surface area contributed by atoms with Crippen molar-refractivity contribution in [2.75, 3.05) is 25.1 Å². The van der Waals surface area contributed by atoms with Crippen LogP contribution in [0.25, 0.3) is 0 Å². The first-order valence-electron chi connectivity index (χ1n) is 7.89. The van der Waals surface area contributed by atoms with Gasteiger partial charge in [0.05, 0.1) is 10.9 Å². The molecule has 1 unspecified atom stereocenters. The molecule has 0 aromatic heterocycles. The summed E-state index contributed by atoms with van der Waals surface area (Å²) < 4.78 is 66.7. The Morgan fingerprint density at radius 1 is 1.23 bits per heavy atom. The summed E-state index contributed by atoms with van der Waals surface area (Å²) >= 11 is 0. The van der Waals surface area contributed by atoms with Gasteiger partial charge in [0, 0.05) is 18.9 Å². The van der Waals surface area contributed by atoms with Crippen LogP contribution in [0.4, 0.5) is 18.9 Å². The fourth-order valence-electron chi connectivity index (χ4n) is 2.49. The van der Waals surface area contributed by atoms with Crippen LogP contribution >= 0.6 is 0 Å². The van der Waals surface area contributed by atoms with E-state index in [-0.39, 0.29) is 10.8 Å². The normalized spacial score (nSPS) is 17.7.